The molecule has 0 aliphatic rings. The SMILES string of the molecule is COc1ccc(C)c2sc(N(Cc3cccnc3)C(=O)CC(c3ccccc3)c3ccccc3)nc12. The second kappa shape index (κ2) is 10.7. The van der Waals surface area contributed by atoms with E-state index < -0.39 is 0 Å². The average Bonchev–Trinajstić information content (AvgIpc) is 3.38. The normalized spacial score (nSPS) is 11.1. The monoisotopic (exact) mass is 493 g/mol. The summed E-state index contributed by atoms with van der Waals surface area (Å²) in [5.41, 5.74) is 5.06. The van der Waals surface area contributed by atoms with E-state index >= 15 is 0 Å². The number of hydrogen-bond acceptors (Lipinski definition) is 5. The van der Waals surface area contributed by atoms with Crippen LogP contribution in [-0.2, 0) is 11.3 Å². The number of carbonyl (C=O) groups is 1. The molecule has 36 heavy (non-hydrogen) atoms. The highest BCUT2D eigenvalue weighted by Crippen LogP contribution is 2.38. The summed E-state index contributed by atoms with van der Waals surface area (Å²) in [6.45, 7) is 2.45. The molecule has 0 fully saturated rings. The van der Waals surface area contributed by atoms with Crippen molar-refractivity contribution in [1.29, 1.82) is 0 Å². The van der Waals surface area contributed by atoms with E-state index in [1.54, 1.807) is 24.4 Å². The Labute approximate surface area is 215 Å². The molecule has 3 aromatic carbocycles. The van der Waals surface area contributed by atoms with E-state index in [9.17, 15) is 4.79 Å². The Balaban J connectivity index is 1.55. The van der Waals surface area contributed by atoms with Gasteiger partial charge < -0.3 is 4.74 Å². The fourth-order valence-electron chi connectivity index (χ4n) is 4.40. The van der Waals surface area contributed by atoms with Crippen molar-refractivity contribution in [2.75, 3.05) is 12.0 Å². The Hall–Kier alpha value is -4.03. The molecule has 0 unspecified atom stereocenters. The van der Waals surface area contributed by atoms with Gasteiger partial charge in [0.1, 0.15) is 11.3 Å². The van der Waals surface area contributed by atoms with Crippen molar-refractivity contribution in [3.63, 3.8) is 0 Å². The molecule has 0 N–H and O–H groups in total. The van der Waals surface area contributed by atoms with Gasteiger partial charge in [-0.05, 0) is 41.3 Å². The van der Waals surface area contributed by atoms with Gasteiger partial charge in [-0.3, -0.25) is 14.7 Å². The van der Waals surface area contributed by atoms with Crippen molar-refractivity contribution in [2.24, 2.45) is 0 Å². The van der Waals surface area contributed by atoms with Crippen LogP contribution in [0.3, 0.4) is 0 Å². The maximum absolute atomic E-state index is 14.1. The fraction of sp³-hybridized carbons (Fsp3) is 0.167. The molecule has 1 amide bonds. The number of nitrogens with zero attached hydrogens (tertiary/aromatic N) is 3. The van der Waals surface area contributed by atoms with Gasteiger partial charge >= 0.3 is 0 Å². The van der Waals surface area contributed by atoms with Gasteiger partial charge in [-0.2, -0.15) is 0 Å². The molecule has 2 aromatic heterocycles. The number of anilines is 1. The van der Waals surface area contributed by atoms with Crippen molar-refractivity contribution in [3.8, 4) is 5.75 Å². The van der Waals surface area contributed by atoms with Gasteiger partial charge in [0.15, 0.2) is 5.13 Å². The number of rotatable bonds is 8. The maximum atomic E-state index is 14.1. The zero-order valence-electron chi connectivity index (χ0n) is 20.3. The summed E-state index contributed by atoms with van der Waals surface area (Å²) in [6, 6.07) is 28.2. The Morgan fingerprint density at radius 2 is 1.64 bits per heavy atom. The first-order valence-electron chi connectivity index (χ1n) is 11.9. The van der Waals surface area contributed by atoms with Crippen molar-refractivity contribution in [1.82, 2.24) is 9.97 Å². The van der Waals surface area contributed by atoms with Gasteiger partial charge in [-0.15, -0.1) is 0 Å². The molecule has 5 rings (SSSR count). The minimum atomic E-state index is -0.0676. The molecule has 5 nitrogen and oxygen atoms in total. The quantitative estimate of drug-likeness (QED) is 0.240. The van der Waals surface area contributed by atoms with Gasteiger partial charge in [0.05, 0.1) is 18.4 Å². The number of carbonyl (C=O) groups excluding carboxylic acids is 1. The first kappa shape index (κ1) is 23.7. The number of thiazole rings is 1. The lowest BCUT2D eigenvalue weighted by Gasteiger charge is -2.24. The third-order valence-electron chi connectivity index (χ3n) is 6.29. The minimum Gasteiger partial charge on any atom is -0.494 e. The lowest BCUT2D eigenvalue weighted by atomic mass is 9.88. The second-order valence-corrected chi connectivity index (χ2v) is 9.66. The highest BCUT2D eigenvalue weighted by Gasteiger charge is 2.26. The summed E-state index contributed by atoms with van der Waals surface area (Å²) in [5.74, 6) is 0.646. The largest absolute Gasteiger partial charge is 0.494 e. The maximum Gasteiger partial charge on any atom is 0.230 e. The Kier molecular flexibility index (Phi) is 7.05. The topological polar surface area (TPSA) is 55.3 Å². The number of hydrogen-bond donors (Lipinski definition) is 0. The van der Waals surface area contributed by atoms with Crippen LogP contribution < -0.4 is 9.64 Å². The van der Waals surface area contributed by atoms with E-state index in [1.165, 1.54) is 11.3 Å². The summed E-state index contributed by atoms with van der Waals surface area (Å²) >= 11 is 1.52. The van der Waals surface area contributed by atoms with E-state index in [4.69, 9.17) is 9.72 Å². The molecule has 0 saturated heterocycles. The third-order valence-corrected chi connectivity index (χ3v) is 7.50. The van der Waals surface area contributed by atoms with Crippen LogP contribution in [0.5, 0.6) is 5.75 Å². The summed E-state index contributed by atoms with van der Waals surface area (Å²) < 4.78 is 6.59. The summed E-state index contributed by atoms with van der Waals surface area (Å²) in [7, 11) is 1.64. The van der Waals surface area contributed by atoms with E-state index in [1.807, 2.05) is 60.7 Å². The molecule has 0 radical (unpaired) electrons. The van der Waals surface area contributed by atoms with E-state index in [0.29, 0.717) is 23.8 Å². The van der Waals surface area contributed by atoms with Gasteiger partial charge in [-0.25, -0.2) is 4.98 Å². The number of amides is 1. The van der Waals surface area contributed by atoms with Crippen LogP contribution in [0, 0.1) is 6.92 Å². The summed E-state index contributed by atoms with van der Waals surface area (Å²) in [6.07, 6.45) is 3.86. The van der Waals surface area contributed by atoms with E-state index in [2.05, 4.69) is 36.2 Å². The van der Waals surface area contributed by atoms with Crippen LogP contribution >= 0.6 is 11.3 Å². The molecule has 0 saturated carbocycles. The predicted molar refractivity (Wildman–Crippen MR) is 146 cm³/mol. The third kappa shape index (κ3) is 4.99. The zero-order valence-corrected chi connectivity index (χ0v) is 21.1. The molecule has 0 spiro atoms. The number of aromatic nitrogens is 2. The molecule has 0 aliphatic carbocycles. The number of pyridine rings is 1. The number of methoxy groups -OCH3 is 1. The molecule has 2 heterocycles. The zero-order chi connectivity index (χ0) is 24.9. The molecule has 6 heteroatoms. The summed E-state index contributed by atoms with van der Waals surface area (Å²) in [5, 5.41) is 0.659. The Bertz CT molecular complexity index is 1410. The number of aryl methyl sites for hydroxylation is 1. The fourth-order valence-corrected chi connectivity index (χ4v) is 5.47. The first-order chi connectivity index (χ1) is 17.6. The molecule has 0 bridgehead atoms. The van der Waals surface area contributed by atoms with Gasteiger partial charge in [-0.1, -0.05) is 84.1 Å². The van der Waals surface area contributed by atoms with Gasteiger partial charge in [0, 0.05) is 24.7 Å². The average molecular weight is 494 g/mol. The van der Waals surface area contributed by atoms with Gasteiger partial charge in [0.2, 0.25) is 5.91 Å². The molecule has 0 atom stereocenters. The smallest absolute Gasteiger partial charge is 0.230 e. The molecular formula is C30H27N3O2S. The second-order valence-electron chi connectivity index (χ2n) is 8.68. The van der Waals surface area contributed by atoms with Crippen molar-refractivity contribution >= 4 is 32.6 Å². The van der Waals surface area contributed by atoms with Crippen LogP contribution in [0.4, 0.5) is 5.13 Å². The van der Waals surface area contributed by atoms with Crippen molar-refractivity contribution in [2.45, 2.75) is 25.8 Å². The van der Waals surface area contributed by atoms with E-state index in [-0.39, 0.29) is 11.8 Å². The molecule has 180 valence electrons. The van der Waals surface area contributed by atoms with Crippen LogP contribution in [0.2, 0.25) is 0 Å². The summed E-state index contributed by atoms with van der Waals surface area (Å²) in [4.78, 5) is 25.0. The minimum absolute atomic E-state index is 0.00670. The molecular weight excluding hydrogens is 466 g/mol. The number of fused-ring (bicyclic) bond motifs is 1. The predicted octanol–water partition coefficient (Wildman–Crippen LogP) is 6.76. The lowest BCUT2D eigenvalue weighted by molar-refractivity contribution is -0.119. The van der Waals surface area contributed by atoms with E-state index in [0.717, 1.165) is 32.5 Å². The van der Waals surface area contributed by atoms with Crippen LogP contribution in [-0.4, -0.2) is 23.0 Å². The van der Waals surface area contributed by atoms with Crippen LogP contribution in [0.25, 0.3) is 10.2 Å². The number of ether oxygens (including phenoxy) is 1. The highest BCUT2D eigenvalue weighted by molar-refractivity contribution is 7.22. The first-order valence-corrected chi connectivity index (χ1v) is 12.7. The standard InChI is InChI=1S/C30H27N3O2S/c1-21-15-16-26(35-2)28-29(21)36-30(32-28)33(20-22-10-9-17-31-19-22)27(34)18-25(23-11-5-3-6-12-23)24-13-7-4-8-14-24/h3-17,19,25H,18,20H2,1-2H3. The van der Waals surface area contributed by atoms with Crippen LogP contribution in [0.1, 0.15) is 34.6 Å². The highest BCUT2D eigenvalue weighted by atomic mass is 32.1. The van der Waals surface area contributed by atoms with Crippen LogP contribution in [0.15, 0.2) is 97.3 Å². The molecule has 5 aromatic rings. The Morgan fingerprint density at radius 3 is 2.25 bits per heavy atom. The van der Waals surface area contributed by atoms with Gasteiger partial charge in [0.25, 0.3) is 0 Å². The van der Waals surface area contributed by atoms with Crippen molar-refractivity contribution in [3.05, 3.63) is 120 Å². The molecule has 0 aliphatic heterocycles. The van der Waals surface area contributed by atoms with Crippen molar-refractivity contribution < 1.29 is 9.53 Å². The number of benzene rings is 3. The lowest BCUT2D eigenvalue weighted by Crippen LogP contribution is -2.31. The Morgan fingerprint density at radius 1 is 0.944 bits per heavy atom.